The standard InChI is InChI=1S/C51H52BrFN11O6P/c1-60-29-31(27-55-60)36-25-41(57-51-54-28-38(52)47(59-51)56-40-12-9-30(23-45(40)71(3,4)69)34-7-5-6-8-39(34)53)44(70-2)26-43(36)63-21-19-62(20-22-63)32-15-17-61(18-16-32)33-10-11-35-37(24-33)50(68)64(49(35)67)42-13-14-46(65)58-48(42)66/h5-12,23-29,32,42H,13-22H2,1-4H3,(H,58,65,66)(H2,54,56,57,59). The Kier molecular flexibility index (Phi) is 13.0. The second kappa shape index (κ2) is 19.3. The zero-order valence-electron chi connectivity index (χ0n) is 39.6. The van der Waals surface area contributed by atoms with Gasteiger partial charge in [0.2, 0.25) is 17.8 Å². The smallest absolute Gasteiger partial charge is 0.262 e. The molecule has 3 fully saturated rings. The number of carbonyl (C=O) groups is 4. The van der Waals surface area contributed by atoms with E-state index in [1.807, 2.05) is 37.6 Å². The van der Waals surface area contributed by atoms with Gasteiger partial charge in [0.25, 0.3) is 11.8 Å². The third-order valence-corrected chi connectivity index (χ3v) is 15.9. The van der Waals surface area contributed by atoms with Crippen molar-refractivity contribution in [2.45, 2.75) is 37.8 Å². The predicted molar refractivity (Wildman–Crippen MR) is 275 cm³/mol. The number of fused-ring (bicyclic) bond motifs is 1. The number of nitrogens with zero attached hydrogens (tertiary/aromatic N) is 8. The minimum atomic E-state index is -2.86. The first kappa shape index (κ1) is 47.7. The van der Waals surface area contributed by atoms with Gasteiger partial charge in [-0.25, -0.2) is 9.37 Å². The Morgan fingerprint density at radius 2 is 1.55 bits per heavy atom. The lowest BCUT2D eigenvalue weighted by molar-refractivity contribution is -0.136. The highest BCUT2D eigenvalue weighted by Gasteiger charge is 2.45. The van der Waals surface area contributed by atoms with Gasteiger partial charge >= 0.3 is 0 Å². The minimum absolute atomic E-state index is 0.0732. The van der Waals surface area contributed by atoms with Crippen LogP contribution in [0.3, 0.4) is 0 Å². The summed E-state index contributed by atoms with van der Waals surface area (Å²) in [5, 5.41) is 14.0. The number of rotatable bonds is 12. The maximum absolute atomic E-state index is 14.8. The van der Waals surface area contributed by atoms with E-state index < -0.39 is 36.8 Å². The molecule has 4 aliphatic rings. The molecule has 1 unspecified atom stereocenters. The summed E-state index contributed by atoms with van der Waals surface area (Å²) in [4.78, 5) is 68.7. The zero-order chi connectivity index (χ0) is 49.7. The number of piperazine rings is 1. The SMILES string of the molecule is COc1cc(N2CCN(C3CCN(c4ccc5c(c4)C(=O)N(C4CCC(=O)NC4=O)C5=O)CC3)CC2)c(-c2cnn(C)c2)cc1Nc1ncc(Br)c(Nc2ccc(-c3ccccc3F)cc2P(C)(C)=O)n1. The number of anilines is 6. The summed E-state index contributed by atoms with van der Waals surface area (Å²) < 4.78 is 36.8. The molecule has 71 heavy (non-hydrogen) atoms. The fourth-order valence-corrected chi connectivity index (χ4v) is 11.5. The van der Waals surface area contributed by atoms with Gasteiger partial charge in [0.15, 0.2) is 0 Å². The molecule has 4 amide bonds. The molecule has 3 saturated heterocycles. The highest BCUT2D eigenvalue weighted by atomic mass is 79.9. The number of hydrogen-bond acceptors (Lipinski definition) is 14. The molecule has 0 saturated carbocycles. The Balaban J connectivity index is 0.822. The molecule has 4 aliphatic heterocycles. The van der Waals surface area contributed by atoms with Crippen LogP contribution in [-0.4, -0.2) is 125 Å². The number of piperidine rings is 2. The van der Waals surface area contributed by atoms with Gasteiger partial charge in [0, 0.05) is 111 Å². The van der Waals surface area contributed by atoms with Crippen LogP contribution in [0.2, 0.25) is 0 Å². The third-order valence-electron chi connectivity index (χ3n) is 13.8. The summed E-state index contributed by atoms with van der Waals surface area (Å²) in [6, 6.07) is 20.6. The molecular weight excluding hydrogens is 993 g/mol. The summed E-state index contributed by atoms with van der Waals surface area (Å²) in [7, 11) is 0.659. The first-order valence-corrected chi connectivity index (χ1v) is 26.8. The molecule has 10 rings (SSSR count). The average molecular weight is 1040 g/mol. The van der Waals surface area contributed by atoms with E-state index in [0.717, 1.165) is 79.5 Å². The average Bonchev–Trinajstić information content (AvgIpc) is 3.91. The molecule has 4 aromatic carbocycles. The van der Waals surface area contributed by atoms with Crippen LogP contribution in [0.1, 0.15) is 46.4 Å². The normalized spacial score (nSPS) is 17.9. The quantitative estimate of drug-likeness (QED) is 0.0814. The molecule has 0 bridgehead atoms. The third kappa shape index (κ3) is 9.53. The lowest BCUT2D eigenvalue weighted by Crippen LogP contribution is -2.54. The Labute approximate surface area is 418 Å². The number of imide groups is 2. The number of nitrogens with one attached hydrogen (secondary N) is 3. The summed E-state index contributed by atoms with van der Waals surface area (Å²) in [5.41, 5.74) is 6.57. The van der Waals surface area contributed by atoms with Gasteiger partial charge < -0.3 is 29.7 Å². The second-order valence-corrected chi connectivity index (χ2v) is 22.6. The van der Waals surface area contributed by atoms with Crippen LogP contribution in [0.15, 0.2) is 95.9 Å². The van der Waals surface area contributed by atoms with E-state index in [2.05, 4.69) is 56.7 Å². The van der Waals surface area contributed by atoms with E-state index in [9.17, 15) is 28.1 Å². The van der Waals surface area contributed by atoms with Gasteiger partial charge in [0.05, 0.1) is 40.3 Å². The molecule has 1 atom stereocenters. The number of benzene rings is 4. The number of hydrogen-bond donors (Lipinski definition) is 3. The first-order valence-electron chi connectivity index (χ1n) is 23.4. The summed E-state index contributed by atoms with van der Waals surface area (Å²) in [6.45, 7) is 8.20. The Hall–Kier alpha value is -6.95. The van der Waals surface area contributed by atoms with Gasteiger partial charge in [0.1, 0.15) is 30.6 Å². The van der Waals surface area contributed by atoms with E-state index in [1.54, 1.807) is 79.8 Å². The number of aromatic nitrogens is 4. The Morgan fingerprint density at radius 1 is 0.789 bits per heavy atom. The van der Waals surface area contributed by atoms with Crippen molar-refractivity contribution >= 4 is 86.5 Å². The molecular formula is C51H52BrFN11O6P. The van der Waals surface area contributed by atoms with Crippen molar-refractivity contribution in [1.82, 2.24) is 34.9 Å². The number of aryl methyl sites for hydroxylation is 1. The van der Waals surface area contributed by atoms with Crippen molar-refractivity contribution in [1.29, 1.82) is 0 Å². The van der Waals surface area contributed by atoms with Gasteiger partial charge in [-0.3, -0.25) is 39.0 Å². The molecule has 0 aliphatic carbocycles. The monoisotopic (exact) mass is 1040 g/mol. The van der Waals surface area contributed by atoms with Gasteiger partial charge in [-0.05, 0) is 96.6 Å². The van der Waals surface area contributed by atoms with E-state index in [-0.39, 0.29) is 35.7 Å². The van der Waals surface area contributed by atoms with Crippen LogP contribution in [0.25, 0.3) is 22.3 Å². The van der Waals surface area contributed by atoms with E-state index in [1.165, 1.54) is 6.07 Å². The minimum Gasteiger partial charge on any atom is -0.494 e. The number of amides is 4. The van der Waals surface area contributed by atoms with Crippen molar-refractivity contribution < 1.29 is 32.9 Å². The Morgan fingerprint density at radius 3 is 2.25 bits per heavy atom. The van der Waals surface area contributed by atoms with Gasteiger partial charge in [-0.15, -0.1) is 0 Å². The fraction of sp³-hybridized carbons (Fsp3) is 0.314. The maximum Gasteiger partial charge on any atom is 0.262 e. The molecule has 366 valence electrons. The lowest BCUT2D eigenvalue weighted by atomic mass is 10.00. The van der Waals surface area contributed by atoms with Crippen LogP contribution >= 0.6 is 23.1 Å². The highest BCUT2D eigenvalue weighted by Crippen LogP contribution is 2.43. The lowest BCUT2D eigenvalue weighted by Gasteiger charge is -2.44. The molecule has 0 spiro atoms. The van der Waals surface area contributed by atoms with Crippen LogP contribution in [0, 0.1) is 5.82 Å². The van der Waals surface area contributed by atoms with Crippen molar-refractivity contribution in [2.24, 2.45) is 7.05 Å². The molecule has 2 aromatic heterocycles. The van der Waals surface area contributed by atoms with Crippen molar-refractivity contribution in [3.63, 3.8) is 0 Å². The summed E-state index contributed by atoms with van der Waals surface area (Å²) >= 11 is 3.59. The number of carbonyl (C=O) groups excluding carboxylic acids is 4. The van der Waals surface area contributed by atoms with E-state index in [4.69, 9.17) is 9.72 Å². The van der Waals surface area contributed by atoms with Crippen LogP contribution < -0.4 is 35.8 Å². The van der Waals surface area contributed by atoms with Crippen LogP contribution in [0.4, 0.5) is 38.9 Å². The number of ether oxygens (including phenoxy) is 1. The van der Waals surface area contributed by atoms with E-state index in [0.29, 0.717) is 49.9 Å². The highest BCUT2D eigenvalue weighted by molar-refractivity contribution is 9.10. The molecule has 6 heterocycles. The topological polar surface area (TPSA) is 187 Å². The summed E-state index contributed by atoms with van der Waals surface area (Å²) in [6.07, 6.45) is 7.50. The van der Waals surface area contributed by atoms with Crippen molar-refractivity contribution in [3.05, 3.63) is 113 Å². The van der Waals surface area contributed by atoms with Crippen LogP contribution in [-0.2, 0) is 21.2 Å². The largest absolute Gasteiger partial charge is 0.494 e. The predicted octanol–water partition coefficient (Wildman–Crippen LogP) is 7.38. The van der Waals surface area contributed by atoms with Crippen molar-refractivity contribution in [3.8, 4) is 28.0 Å². The maximum atomic E-state index is 14.8. The molecule has 17 nitrogen and oxygen atoms in total. The zero-order valence-corrected chi connectivity index (χ0v) is 42.1. The first-order chi connectivity index (χ1) is 34.1. The molecule has 6 aromatic rings. The second-order valence-electron chi connectivity index (χ2n) is 18.6. The molecule has 20 heteroatoms. The molecule has 3 N–H and O–H groups in total. The Bertz CT molecular complexity index is 3170. The van der Waals surface area contributed by atoms with Gasteiger partial charge in [-0.1, -0.05) is 24.3 Å². The van der Waals surface area contributed by atoms with Crippen LogP contribution in [0.5, 0.6) is 5.75 Å². The van der Waals surface area contributed by atoms with Gasteiger partial charge in [-0.2, -0.15) is 10.1 Å². The summed E-state index contributed by atoms with van der Waals surface area (Å²) in [5.74, 6) is -1.09. The van der Waals surface area contributed by atoms with Crippen molar-refractivity contribution in [2.75, 3.05) is 80.1 Å². The number of methoxy groups -OCH3 is 1. The fourth-order valence-electron chi connectivity index (χ4n) is 10.1. The number of halogens is 2. The molecule has 0 radical (unpaired) electrons. The van der Waals surface area contributed by atoms with E-state index >= 15 is 0 Å².